The smallest absolute Gasteiger partial charge is 0.326 e. The topological polar surface area (TPSA) is 70.7 Å². The maximum absolute atomic E-state index is 13.6. The Labute approximate surface area is 241 Å². The molecule has 3 amide bonds. The summed E-state index contributed by atoms with van der Waals surface area (Å²) in [5, 5.41) is 6.34. The number of ether oxygens (including phenoxy) is 1. The molecule has 0 saturated carbocycles. The van der Waals surface area contributed by atoms with Gasteiger partial charge < -0.3 is 15.4 Å². The zero-order valence-electron chi connectivity index (χ0n) is 21.7. The summed E-state index contributed by atoms with van der Waals surface area (Å²) < 4.78 is 5.38. The van der Waals surface area contributed by atoms with Gasteiger partial charge in [-0.05, 0) is 55.8 Å². The van der Waals surface area contributed by atoms with Crippen molar-refractivity contribution in [3.63, 3.8) is 0 Å². The number of thioether (sulfide) groups is 2. The second-order valence-corrected chi connectivity index (χ2v) is 12.2. The lowest BCUT2D eigenvalue weighted by Crippen LogP contribution is -2.49. The minimum atomic E-state index is -0.400. The lowest BCUT2D eigenvalue weighted by atomic mass is 10.1. The van der Waals surface area contributed by atoms with Crippen LogP contribution in [0, 0.1) is 6.92 Å². The van der Waals surface area contributed by atoms with Crippen LogP contribution in [0.25, 0.3) is 0 Å². The van der Waals surface area contributed by atoms with Gasteiger partial charge in [0.25, 0.3) is 0 Å². The fourth-order valence-corrected chi connectivity index (χ4v) is 6.82. The van der Waals surface area contributed by atoms with E-state index in [-0.39, 0.29) is 23.2 Å². The highest BCUT2D eigenvalue weighted by atomic mass is 35.5. The van der Waals surface area contributed by atoms with E-state index in [4.69, 9.17) is 16.3 Å². The lowest BCUT2D eigenvalue weighted by Gasteiger charge is -2.40. The molecule has 6 nitrogen and oxygen atoms in total. The Kier molecular flexibility index (Phi) is 8.26. The summed E-state index contributed by atoms with van der Waals surface area (Å²) in [5.74, 6) is 0.337. The van der Waals surface area contributed by atoms with Gasteiger partial charge in [0.15, 0.2) is 0 Å². The van der Waals surface area contributed by atoms with E-state index >= 15 is 0 Å². The van der Waals surface area contributed by atoms with Crippen molar-refractivity contribution in [2.75, 3.05) is 22.6 Å². The zero-order valence-corrected chi connectivity index (χ0v) is 24.1. The molecule has 39 heavy (non-hydrogen) atoms. The first-order valence-electron chi connectivity index (χ1n) is 12.5. The number of halogens is 1. The number of rotatable bonds is 6. The molecule has 2 aliphatic rings. The minimum absolute atomic E-state index is 0.0790. The number of urea groups is 1. The van der Waals surface area contributed by atoms with E-state index in [1.165, 1.54) is 18.9 Å². The summed E-state index contributed by atoms with van der Waals surface area (Å²) in [6.07, 6.45) is 8.22. The number of carbonyl (C=O) groups excluding carboxylic acids is 2. The Morgan fingerprint density at radius 1 is 1.05 bits per heavy atom. The van der Waals surface area contributed by atoms with Gasteiger partial charge in [0.05, 0.1) is 35.0 Å². The monoisotopic (exact) mass is 577 g/mol. The molecule has 3 aromatic carbocycles. The molecule has 3 atom stereocenters. The highest BCUT2D eigenvalue weighted by Gasteiger charge is 2.36. The molecule has 5 rings (SSSR count). The normalized spacial score (nSPS) is 18.1. The number of carbonyl (C=O) groups is 2. The van der Waals surface area contributed by atoms with E-state index in [9.17, 15) is 9.59 Å². The van der Waals surface area contributed by atoms with Gasteiger partial charge >= 0.3 is 6.03 Å². The van der Waals surface area contributed by atoms with E-state index < -0.39 is 5.25 Å². The van der Waals surface area contributed by atoms with Crippen LogP contribution < -0.4 is 20.3 Å². The number of hydrogen-bond donors (Lipinski definition) is 2. The van der Waals surface area contributed by atoms with Crippen LogP contribution in [0.1, 0.15) is 12.5 Å². The number of benzene rings is 3. The van der Waals surface area contributed by atoms with Crippen LogP contribution in [0.3, 0.4) is 0 Å². The number of fused-ring (bicyclic) bond motifs is 2. The van der Waals surface area contributed by atoms with Gasteiger partial charge in [-0.3, -0.25) is 9.69 Å². The van der Waals surface area contributed by atoms with Gasteiger partial charge in [-0.1, -0.05) is 54.1 Å². The largest absolute Gasteiger partial charge is 0.495 e. The van der Waals surface area contributed by atoms with Gasteiger partial charge in [-0.15, -0.1) is 23.5 Å². The molecule has 0 bridgehead atoms. The average molecular weight is 578 g/mol. The van der Waals surface area contributed by atoms with Crippen LogP contribution in [0.4, 0.5) is 21.9 Å². The molecule has 2 N–H and O–H groups in total. The van der Waals surface area contributed by atoms with Crippen molar-refractivity contribution in [3.05, 3.63) is 95.6 Å². The number of anilines is 3. The Bertz CT molecular complexity index is 1480. The standard InChI is InChI=1S/C30H28ClN3O3S2/c1-18-15-23(26(37-3)17-22(18)31)33-29(35)19(2)38-21-10-8-9-20(16-21)32-30(36)34-24-11-4-6-13-27(24)39-28-14-7-5-12-25(28)34/h4-17,19,24,27H,1-3H3,(H,32,36)(H,33,35). The molecular formula is C30H28ClN3O3S2. The van der Waals surface area contributed by atoms with Crippen LogP contribution in [-0.2, 0) is 4.79 Å². The number of allylic oxidation sites excluding steroid dienone is 2. The molecule has 0 spiro atoms. The molecule has 1 heterocycles. The van der Waals surface area contributed by atoms with Crippen molar-refractivity contribution in [3.8, 4) is 5.75 Å². The summed E-state index contributed by atoms with van der Waals surface area (Å²) in [5.41, 5.74) is 2.97. The molecule has 1 aliphatic carbocycles. The van der Waals surface area contributed by atoms with Crippen LogP contribution in [0.15, 0.2) is 94.8 Å². The van der Waals surface area contributed by atoms with Crippen molar-refractivity contribution in [1.82, 2.24) is 0 Å². The van der Waals surface area contributed by atoms with E-state index in [1.54, 1.807) is 23.9 Å². The zero-order chi connectivity index (χ0) is 27.5. The maximum Gasteiger partial charge on any atom is 0.326 e. The first-order valence-corrected chi connectivity index (χ1v) is 14.6. The third-order valence-electron chi connectivity index (χ3n) is 6.47. The summed E-state index contributed by atoms with van der Waals surface area (Å²) in [4.78, 5) is 30.4. The molecular weight excluding hydrogens is 550 g/mol. The molecule has 3 aromatic rings. The van der Waals surface area contributed by atoms with Gasteiger partial charge in [-0.25, -0.2) is 4.79 Å². The van der Waals surface area contributed by atoms with Crippen LogP contribution >= 0.6 is 35.1 Å². The summed E-state index contributed by atoms with van der Waals surface area (Å²) in [6, 6.07) is 18.7. The SMILES string of the molecule is COc1cc(Cl)c(C)cc1NC(=O)C(C)Sc1cccc(NC(=O)N2c3ccccc3SC3C=CC=CC32)c1. The third kappa shape index (κ3) is 5.98. The van der Waals surface area contributed by atoms with Gasteiger partial charge in [0.2, 0.25) is 5.91 Å². The Hall–Kier alpha value is -3.33. The molecule has 1 aliphatic heterocycles. The molecule has 0 saturated heterocycles. The number of nitrogens with one attached hydrogen (secondary N) is 2. The van der Waals surface area contributed by atoms with E-state index in [2.05, 4.69) is 22.8 Å². The molecule has 200 valence electrons. The summed E-state index contributed by atoms with van der Waals surface area (Å²) in [7, 11) is 1.54. The predicted molar refractivity (Wildman–Crippen MR) is 163 cm³/mol. The second kappa shape index (κ2) is 11.8. The van der Waals surface area contributed by atoms with Gasteiger partial charge in [0, 0.05) is 26.6 Å². The molecule has 3 unspecified atom stereocenters. The number of para-hydroxylation sites is 1. The maximum atomic E-state index is 13.6. The Morgan fingerprint density at radius 3 is 2.67 bits per heavy atom. The molecule has 0 aromatic heterocycles. The van der Waals surface area contributed by atoms with Gasteiger partial charge in [0.1, 0.15) is 5.75 Å². The van der Waals surface area contributed by atoms with Crippen molar-refractivity contribution in [1.29, 1.82) is 0 Å². The highest BCUT2D eigenvalue weighted by Crippen LogP contribution is 2.43. The number of aryl methyl sites for hydroxylation is 1. The Balaban J connectivity index is 1.29. The second-order valence-electron chi connectivity index (χ2n) is 9.19. The highest BCUT2D eigenvalue weighted by molar-refractivity contribution is 8.00. The van der Waals surface area contributed by atoms with E-state index in [0.29, 0.717) is 22.1 Å². The van der Waals surface area contributed by atoms with Gasteiger partial charge in [-0.2, -0.15) is 0 Å². The number of methoxy groups -OCH3 is 1. The number of nitrogens with zero attached hydrogens (tertiary/aromatic N) is 1. The molecule has 0 radical (unpaired) electrons. The lowest BCUT2D eigenvalue weighted by molar-refractivity contribution is -0.115. The first-order chi connectivity index (χ1) is 18.8. The van der Waals surface area contributed by atoms with Crippen molar-refractivity contribution in [2.24, 2.45) is 0 Å². The summed E-state index contributed by atoms with van der Waals surface area (Å²) in [6.45, 7) is 3.71. The van der Waals surface area contributed by atoms with Crippen molar-refractivity contribution in [2.45, 2.75) is 40.2 Å². The van der Waals surface area contributed by atoms with Crippen LogP contribution in [-0.4, -0.2) is 35.6 Å². The van der Waals surface area contributed by atoms with Crippen molar-refractivity contribution < 1.29 is 14.3 Å². The first kappa shape index (κ1) is 27.2. The molecule has 9 heteroatoms. The fraction of sp³-hybridized carbons (Fsp3) is 0.200. The summed E-state index contributed by atoms with van der Waals surface area (Å²) >= 11 is 9.37. The fourth-order valence-electron chi connectivity index (χ4n) is 4.48. The quantitative estimate of drug-likeness (QED) is 0.293. The minimum Gasteiger partial charge on any atom is -0.495 e. The molecule has 0 fully saturated rings. The van der Waals surface area contributed by atoms with E-state index in [0.717, 1.165) is 21.0 Å². The van der Waals surface area contributed by atoms with Crippen molar-refractivity contribution >= 4 is 64.1 Å². The number of amides is 3. The average Bonchev–Trinajstić information content (AvgIpc) is 2.93. The Morgan fingerprint density at radius 2 is 1.85 bits per heavy atom. The van der Waals surface area contributed by atoms with E-state index in [1.807, 2.05) is 79.4 Å². The third-order valence-corrected chi connectivity index (χ3v) is 9.28. The van der Waals surface area contributed by atoms with Crippen LogP contribution in [0.5, 0.6) is 5.75 Å². The van der Waals surface area contributed by atoms with Crippen LogP contribution in [0.2, 0.25) is 5.02 Å². The number of hydrogen-bond acceptors (Lipinski definition) is 5. The predicted octanol–water partition coefficient (Wildman–Crippen LogP) is 7.78.